The van der Waals surface area contributed by atoms with Gasteiger partial charge in [-0.25, -0.2) is 0 Å². The molecule has 0 saturated heterocycles. The molecule has 150 valence electrons. The molecular weight excluding hydrogens is 382 g/mol. The van der Waals surface area contributed by atoms with Crippen LogP contribution in [0.15, 0.2) is 59.6 Å². The van der Waals surface area contributed by atoms with Gasteiger partial charge in [-0.1, -0.05) is 49.8 Å². The van der Waals surface area contributed by atoms with Crippen molar-refractivity contribution < 1.29 is 33.6 Å². The zero-order chi connectivity index (χ0) is 20.4. The minimum absolute atomic E-state index is 0.796. The first kappa shape index (κ1) is 22.1. The number of ether oxygens (including phenoxy) is 1. The standard InChI is InChI=1S/C21H23NO.ClHO4/c1-2-3-15-23-19-10-11-20-18(16-19)13-14-22-21(20)12-9-17-7-5-4-6-8-17;2-1(3,4)5/h4-12,16H,2-3,13-15H2,1H3;(H,2,3,4,5). The first-order valence-corrected chi connectivity index (χ1v) is 10.3. The molecule has 0 amide bonds. The van der Waals surface area contributed by atoms with Crippen LogP contribution >= 0.6 is 0 Å². The maximum atomic E-state index is 8.60. The van der Waals surface area contributed by atoms with Gasteiger partial charge in [0.2, 0.25) is 0 Å². The van der Waals surface area contributed by atoms with Crippen LogP contribution in [0.4, 0.5) is 0 Å². The average molecular weight is 406 g/mol. The molecule has 1 heterocycles. The van der Waals surface area contributed by atoms with E-state index in [0.29, 0.717) is 0 Å². The van der Waals surface area contributed by atoms with E-state index in [-0.39, 0.29) is 0 Å². The summed E-state index contributed by atoms with van der Waals surface area (Å²) < 4.78 is 38.5. The molecule has 2 aromatic carbocycles. The smallest absolute Gasteiger partial charge is 0.119 e. The van der Waals surface area contributed by atoms with E-state index in [1.54, 1.807) is 0 Å². The third kappa shape index (κ3) is 8.21. The summed E-state index contributed by atoms with van der Waals surface area (Å²) >= 11 is 0. The van der Waals surface area contributed by atoms with Gasteiger partial charge in [0.15, 0.2) is 0 Å². The molecule has 1 aliphatic rings. The maximum Gasteiger partial charge on any atom is 0.119 e. The van der Waals surface area contributed by atoms with Crippen molar-refractivity contribution in [3.63, 3.8) is 0 Å². The zero-order valence-electron chi connectivity index (χ0n) is 15.7. The number of unbranched alkanes of at least 4 members (excludes halogenated alkanes) is 1. The number of hydrogen-bond donors (Lipinski definition) is 1. The fourth-order valence-electron chi connectivity index (χ4n) is 2.71. The molecule has 1 aliphatic heterocycles. The van der Waals surface area contributed by atoms with Crippen molar-refractivity contribution in [2.24, 2.45) is 4.99 Å². The van der Waals surface area contributed by atoms with Crippen LogP contribution in [0.3, 0.4) is 0 Å². The van der Waals surface area contributed by atoms with Crippen LogP contribution in [0, 0.1) is 10.2 Å². The Morgan fingerprint density at radius 2 is 1.82 bits per heavy atom. The molecule has 0 fully saturated rings. The number of nitrogens with zero attached hydrogens (tertiary/aromatic N) is 1. The summed E-state index contributed by atoms with van der Waals surface area (Å²) in [5, 5.41) is 0. The van der Waals surface area contributed by atoms with E-state index >= 15 is 0 Å². The highest BCUT2D eigenvalue weighted by atomic mass is 35.7. The molecule has 3 rings (SSSR count). The second-order valence-corrected chi connectivity index (χ2v) is 6.97. The minimum Gasteiger partial charge on any atom is -0.494 e. The van der Waals surface area contributed by atoms with Gasteiger partial charge >= 0.3 is 0 Å². The van der Waals surface area contributed by atoms with Gasteiger partial charge in [-0.15, -0.1) is 0 Å². The molecule has 6 nitrogen and oxygen atoms in total. The summed E-state index contributed by atoms with van der Waals surface area (Å²) in [6.45, 7) is 3.82. The molecule has 0 radical (unpaired) electrons. The van der Waals surface area contributed by atoms with Crippen LogP contribution in [-0.4, -0.2) is 23.5 Å². The van der Waals surface area contributed by atoms with Gasteiger partial charge < -0.3 is 4.74 Å². The van der Waals surface area contributed by atoms with E-state index in [0.717, 1.165) is 43.9 Å². The Morgan fingerprint density at radius 1 is 1.11 bits per heavy atom. The average Bonchev–Trinajstić information content (AvgIpc) is 2.66. The maximum absolute atomic E-state index is 8.60. The first-order chi connectivity index (χ1) is 13.4. The summed E-state index contributed by atoms with van der Waals surface area (Å²) in [4.78, 5) is 4.68. The normalized spacial score (nSPS) is 13.4. The molecule has 0 saturated carbocycles. The van der Waals surface area contributed by atoms with E-state index in [1.807, 2.05) is 6.07 Å². The fraction of sp³-hybridized carbons (Fsp3) is 0.286. The second kappa shape index (κ2) is 10.9. The largest absolute Gasteiger partial charge is 0.494 e. The molecule has 0 aromatic heterocycles. The third-order valence-electron chi connectivity index (χ3n) is 4.02. The molecular formula is C21H24ClNO5. The van der Waals surface area contributed by atoms with Crippen LogP contribution in [0.25, 0.3) is 6.08 Å². The van der Waals surface area contributed by atoms with Crippen molar-refractivity contribution in [2.75, 3.05) is 13.2 Å². The molecule has 7 heteroatoms. The van der Waals surface area contributed by atoms with Crippen molar-refractivity contribution in [3.05, 3.63) is 71.3 Å². The highest BCUT2D eigenvalue weighted by Gasteiger charge is 2.13. The number of aliphatic imine (C=N–C) groups is 1. The lowest BCUT2D eigenvalue weighted by Gasteiger charge is -2.16. The second-order valence-electron chi connectivity index (χ2n) is 6.18. The number of rotatable bonds is 6. The van der Waals surface area contributed by atoms with Gasteiger partial charge in [0.05, 0.1) is 27.2 Å². The van der Waals surface area contributed by atoms with Crippen LogP contribution in [0.1, 0.15) is 36.5 Å². The predicted molar refractivity (Wildman–Crippen MR) is 99.6 cm³/mol. The predicted octanol–water partition coefficient (Wildman–Crippen LogP) is 0.800. The highest BCUT2D eigenvalue weighted by Crippen LogP contribution is 2.23. The van der Waals surface area contributed by atoms with Crippen molar-refractivity contribution in [1.82, 2.24) is 0 Å². The molecule has 0 atom stereocenters. The Kier molecular flexibility index (Phi) is 8.63. The quantitative estimate of drug-likeness (QED) is 0.714. The molecule has 1 N–H and O–H groups in total. The lowest BCUT2D eigenvalue weighted by molar-refractivity contribution is -1.92. The molecule has 0 unspecified atom stereocenters. The Bertz CT molecular complexity index is 794. The Balaban J connectivity index is 0.000000500. The van der Waals surface area contributed by atoms with E-state index in [4.69, 9.17) is 23.4 Å². The van der Waals surface area contributed by atoms with E-state index in [1.165, 1.54) is 16.7 Å². The highest BCUT2D eigenvalue weighted by molar-refractivity contribution is 6.12. The molecule has 0 aliphatic carbocycles. The van der Waals surface area contributed by atoms with Gasteiger partial charge in [-0.05, 0) is 48.2 Å². The lowest BCUT2D eigenvalue weighted by Crippen LogP contribution is -2.58. The van der Waals surface area contributed by atoms with Gasteiger partial charge in [0, 0.05) is 12.1 Å². The van der Waals surface area contributed by atoms with Crippen molar-refractivity contribution in [1.29, 1.82) is 0 Å². The summed E-state index contributed by atoms with van der Waals surface area (Å²) in [5.74, 6) is 0.977. The van der Waals surface area contributed by atoms with E-state index in [2.05, 4.69) is 66.5 Å². The van der Waals surface area contributed by atoms with Crippen LogP contribution < -0.4 is 18.7 Å². The third-order valence-corrected chi connectivity index (χ3v) is 4.02. The topological polar surface area (TPSA) is 111 Å². The molecule has 2 aromatic rings. The minimum atomic E-state index is -4.69. The SMILES string of the molecule is CCCCOc1ccc2c(c1)CCN=C2C=Cc1ccccc1.[O-][Cl+3]([O-])([O-])O. The number of allylic oxidation sites excluding steroid dienone is 1. The number of fused-ring (bicyclic) bond motifs is 1. The Labute approximate surface area is 167 Å². The lowest BCUT2D eigenvalue weighted by atomic mass is 9.96. The number of halogens is 1. The summed E-state index contributed by atoms with van der Waals surface area (Å²) in [6.07, 6.45) is 7.49. The van der Waals surface area contributed by atoms with Crippen LogP contribution in [-0.2, 0) is 6.42 Å². The first-order valence-electron chi connectivity index (χ1n) is 9.03. The van der Waals surface area contributed by atoms with Crippen molar-refractivity contribution in [3.8, 4) is 5.75 Å². The van der Waals surface area contributed by atoms with Crippen LogP contribution in [0.2, 0.25) is 0 Å². The summed E-state index contributed by atoms with van der Waals surface area (Å²) in [5.41, 5.74) is 4.82. The van der Waals surface area contributed by atoms with Gasteiger partial charge in [-0.2, -0.15) is 14.0 Å². The van der Waals surface area contributed by atoms with Crippen molar-refractivity contribution in [2.45, 2.75) is 26.2 Å². The van der Waals surface area contributed by atoms with Gasteiger partial charge in [0.25, 0.3) is 0 Å². The van der Waals surface area contributed by atoms with E-state index in [9.17, 15) is 0 Å². The molecule has 28 heavy (non-hydrogen) atoms. The molecule has 0 bridgehead atoms. The van der Waals surface area contributed by atoms with Crippen LogP contribution in [0.5, 0.6) is 5.75 Å². The Morgan fingerprint density at radius 3 is 2.50 bits per heavy atom. The number of benzene rings is 2. The number of hydrogen-bond acceptors (Lipinski definition) is 6. The summed E-state index contributed by atoms with van der Waals surface area (Å²) in [7, 11) is -4.69. The van der Waals surface area contributed by atoms with Gasteiger partial charge in [-0.3, -0.25) is 4.99 Å². The zero-order valence-corrected chi connectivity index (χ0v) is 16.5. The van der Waals surface area contributed by atoms with E-state index < -0.39 is 10.2 Å². The van der Waals surface area contributed by atoms with Gasteiger partial charge in [0.1, 0.15) is 5.75 Å². The monoisotopic (exact) mass is 405 g/mol. The summed E-state index contributed by atoms with van der Waals surface area (Å²) in [6, 6.07) is 16.7. The van der Waals surface area contributed by atoms with Crippen molar-refractivity contribution >= 4 is 11.8 Å². The molecule has 0 spiro atoms. The Hall–Kier alpha value is -2.22. The fourth-order valence-corrected chi connectivity index (χ4v) is 2.71.